The average molecular weight is 318 g/mol. The topological polar surface area (TPSA) is 64.9 Å². The SMILES string of the molecule is N#CC1(Nc2ccc(Cl)cc2)C(=O)Nc2ccc(Cl)cc21. The minimum absolute atomic E-state index is 0.433. The molecule has 0 fully saturated rings. The Labute approximate surface area is 131 Å². The minimum atomic E-state index is -1.51. The molecule has 0 saturated carbocycles. The Morgan fingerprint density at radius 2 is 1.76 bits per heavy atom. The second-order valence-corrected chi connectivity index (χ2v) is 5.51. The first-order valence-electron chi connectivity index (χ1n) is 6.12. The van der Waals surface area contributed by atoms with Gasteiger partial charge >= 0.3 is 0 Å². The van der Waals surface area contributed by atoms with E-state index in [2.05, 4.69) is 16.7 Å². The molecule has 104 valence electrons. The zero-order valence-corrected chi connectivity index (χ0v) is 12.2. The molecule has 1 unspecified atom stereocenters. The van der Waals surface area contributed by atoms with Gasteiger partial charge in [-0.25, -0.2) is 0 Å². The van der Waals surface area contributed by atoms with Crippen LogP contribution in [0.4, 0.5) is 11.4 Å². The summed E-state index contributed by atoms with van der Waals surface area (Å²) in [6, 6.07) is 13.8. The molecule has 1 aliphatic heterocycles. The van der Waals surface area contributed by atoms with Gasteiger partial charge in [-0.3, -0.25) is 4.79 Å². The summed E-state index contributed by atoms with van der Waals surface area (Å²) in [6.07, 6.45) is 0. The number of anilines is 2. The van der Waals surface area contributed by atoms with Crippen molar-refractivity contribution in [1.29, 1.82) is 5.26 Å². The summed E-state index contributed by atoms with van der Waals surface area (Å²) < 4.78 is 0. The maximum absolute atomic E-state index is 12.3. The third-order valence-corrected chi connectivity index (χ3v) is 3.81. The highest BCUT2D eigenvalue weighted by Crippen LogP contribution is 2.39. The van der Waals surface area contributed by atoms with E-state index >= 15 is 0 Å². The van der Waals surface area contributed by atoms with Crippen LogP contribution >= 0.6 is 23.2 Å². The van der Waals surface area contributed by atoms with E-state index in [1.165, 1.54) is 0 Å². The summed E-state index contributed by atoms with van der Waals surface area (Å²) in [5.74, 6) is -0.433. The number of fused-ring (bicyclic) bond motifs is 1. The highest BCUT2D eigenvalue weighted by Gasteiger charge is 2.48. The van der Waals surface area contributed by atoms with Crippen LogP contribution in [-0.2, 0) is 10.3 Å². The van der Waals surface area contributed by atoms with Gasteiger partial charge in [0.15, 0.2) is 0 Å². The van der Waals surface area contributed by atoms with Gasteiger partial charge in [0.05, 0.1) is 0 Å². The molecule has 2 aromatic rings. The molecule has 1 atom stereocenters. The maximum Gasteiger partial charge on any atom is 0.269 e. The van der Waals surface area contributed by atoms with E-state index in [9.17, 15) is 10.1 Å². The summed E-state index contributed by atoms with van der Waals surface area (Å²) in [5, 5.41) is 16.3. The molecule has 0 radical (unpaired) electrons. The Morgan fingerprint density at radius 3 is 2.43 bits per heavy atom. The second kappa shape index (κ2) is 4.96. The van der Waals surface area contributed by atoms with Crippen LogP contribution in [0.5, 0.6) is 0 Å². The molecule has 0 aromatic heterocycles. The fraction of sp³-hybridized carbons (Fsp3) is 0.0667. The molecule has 0 bridgehead atoms. The first kappa shape index (κ1) is 13.7. The molecule has 0 aliphatic carbocycles. The van der Waals surface area contributed by atoms with Crippen LogP contribution < -0.4 is 10.6 Å². The normalized spacial score (nSPS) is 19.6. The molecule has 1 heterocycles. The number of nitrogens with zero attached hydrogens (tertiary/aromatic N) is 1. The molecule has 1 amide bonds. The monoisotopic (exact) mass is 317 g/mol. The number of amides is 1. The summed E-state index contributed by atoms with van der Waals surface area (Å²) in [4.78, 5) is 12.3. The van der Waals surface area contributed by atoms with Gasteiger partial charge < -0.3 is 10.6 Å². The summed E-state index contributed by atoms with van der Waals surface area (Å²) in [5.41, 5.74) is 0.197. The van der Waals surface area contributed by atoms with Gasteiger partial charge in [0, 0.05) is 27.0 Å². The van der Waals surface area contributed by atoms with Crippen LogP contribution in [0.15, 0.2) is 42.5 Å². The number of nitrogens with one attached hydrogen (secondary N) is 2. The highest BCUT2D eigenvalue weighted by molar-refractivity contribution is 6.31. The van der Waals surface area contributed by atoms with E-state index in [0.717, 1.165) is 0 Å². The molecule has 2 aromatic carbocycles. The predicted octanol–water partition coefficient (Wildman–Crippen LogP) is 3.78. The van der Waals surface area contributed by atoms with E-state index < -0.39 is 11.4 Å². The molecule has 0 saturated heterocycles. The van der Waals surface area contributed by atoms with Crippen LogP contribution in [0, 0.1) is 11.3 Å². The van der Waals surface area contributed by atoms with Crippen molar-refractivity contribution < 1.29 is 4.79 Å². The lowest BCUT2D eigenvalue weighted by molar-refractivity contribution is -0.118. The Bertz CT molecular complexity index is 767. The van der Waals surface area contributed by atoms with Crippen LogP contribution in [0.3, 0.4) is 0 Å². The predicted molar refractivity (Wildman–Crippen MR) is 82.4 cm³/mol. The molecule has 0 spiro atoms. The fourth-order valence-electron chi connectivity index (χ4n) is 2.29. The van der Waals surface area contributed by atoms with Crippen molar-refractivity contribution in [2.75, 3.05) is 10.6 Å². The van der Waals surface area contributed by atoms with Gasteiger partial charge in [-0.1, -0.05) is 23.2 Å². The molecule has 6 heteroatoms. The standard InChI is InChI=1S/C15H9Cl2N3O/c16-9-1-4-11(5-2-9)20-15(8-18)12-7-10(17)3-6-13(12)19-14(15)21/h1-7,20H,(H,19,21). The maximum atomic E-state index is 12.3. The number of carbonyl (C=O) groups is 1. The van der Waals surface area contributed by atoms with Gasteiger partial charge in [0.2, 0.25) is 5.54 Å². The lowest BCUT2D eigenvalue weighted by atomic mass is 9.92. The molecule has 3 rings (SSSR count). The largest absolute Gasteiger partial charge is 0.356 e. The van der Waals surface area contributed by atoms with Crippen molar-refractivity contribution in [2.24, 2.45) is 0 Å². The zero-order chi connectivity index (χ0) is 15.0. The molecule has 2 N–H and O–H groups in total. The van der Waals surface area contributed by atoms with E-state index in [-0.39, 0.29) is 0 Å². The minimum Gasteiger partial charge on any atom is -0.356 e. The molecular weight excluding hydrogens is 309 g/mol. The van der Waals surface area contributed by atoms with E-state index in [4.69, 9.17) is 23.2 Å². The van der Waals surface area contributed by atoms with Crippen LogP contribution in [0.2, 0.25) is 10.0 Å². The third-order valence-electron chi connectivity index (χ3n) is 3.32. The molecule has 21 heavy (non-hydrogen) atoms. The molecule has 4 nitrogen and oxygen atoms in total. The van der Waals surface area contributed by atoms with Crippen molar-refractivity contribution in [2.45, 2.75) is 5.54 Å². The van der Waals surface area contributed by atoms with Crippen LogP contribution in [0.25, 0.3) is 0 Å². The van der Waals surface area contributed by atoms with Crippen molar-refractivity contribution in [3.8, 4) is 6.07 Å². The van der Waals surface area contributed by atoms with Gasteiger partial charge in [-0.15, -0.1) is 0 Å². The Kier molecular flexibility index (Phi) is 3.25. The van der Waals surface area contributed by atoms with E-state index in [0.29, 0.717) is 27.0 Å². The number of nitriles is 1. The van der Waals surface area contributed by atoms with E-state index in [1.807, 2.05) is 0 Å². The number of hydrogen-bond donors (Lipinski definition) is 2. The first-order valence-corrected chi connectivity index (χ1v) is 6.87. The van der Waals surface area contributed by atoms with Crippen molar-refractivity contribution in [1.82, 2.24) is 0 Å². The number of rotatable bonds is 2. The Balaban J connectivity index is 2.09. The quantitative estimate of drug-likeness (QED) is 0.886. The molecule has 1 aliphatic rings. The van der Waals surface area contributed by atoms with Crippen molar-refractivity contribution in [3.63, 3.8) is 0 Å². The lowest BCUT2D eigenvalue weighted by Gasteiger charge is -2.22. The second-order valence-electron chi connectivity index (χ2n) is 4.64. The fourth-order valence-corrected chi connectivity index (χ4v) is 2.58. The van der Waals surface area contributed by atoms with Crippen LogP contribution in [-0.4, -0.2) is 5.91 Å². The van der Waals surface area contributed by atoms with Gasteiger partial charge in [-0.2, -0.15) is 5.26 Å². The Hall–Kier alpha value is -2.22. The zero-order valence-electron chi connectivity index (χ0n) is 10.7. The van der Waals surface area contributed by atoms with Gasteiger partial charge in [0.1, 0.15) is 6.07 Å². The average Bonchev–Trinajstić information content (AvgIpc) is 2.74. The third kappa shape index (κ3) is 2.21. The number of carbonyl (C=O) groups excluding carboxylic acids is 1. The van der Waals surface area contributed by atoms with Gasteiger partial charge in [0.25, 0.3) is 5.91 Å². The lowest BCUT2D eigenvalue weighted by Crippen LogP contribution is -2.40. The number of halogens is 2. The van der Waals surface area contributed by atoms with Crippen LogP contribution in [0.1, 0.15) is 5.56 Å². The smallest absolute Gasteiger partial charge is 0.269 e. The highest BCUT2D eigenvalue weighted by atomic mass is 35.5. The number of hydrogen-bond acceptors (Lipinski definition) is 3. The van der Waals surface area contributed by atoms with E-state index in [1.54, 1.807) is 42.5 Å². The first-order chi connectivity index (χ1) is 10.0. The van der Waals surface area contributed by atoms with Crippen molar-refractivity contribution in [3.05, 3.63) is 58.1 Å². The Morgan fingerprint density at radius 1 is 1.10 bits per heavy atom. The summed E-state index contributed by atoms with van der Waals surface area (Å²) in [6.45, 7) is 0. The van der Waals surface area contributed by atoms with Crippen molar-refractivity contribution >= 4 is 40.5 Å². The summed E-state index contributed by atoms with van der Waals surface area (Å²) in [7, 11) is 0. The summed E-state index contributed by atoms with van der Waals surface area (Å²) >= 11 is 11.8. The van der Waals surface area contributed by atoms with Gasteiger partial charge in [-0.05, 0) is 42.5 Å². The number of benzene rings is 2. The molecular formula is C15H9Cl2N3O.